The summed E-state index contributed by atoms with van der Waals surface area (Å²) < 4.78 is 0.254. The molecule has 2 rings (SSSR count). The Kier molecular flexibility index (Phi) is 3.58. The van der Waals surface area contributed by atoms with Gasteiger partial charge in [0, 0.05) is 25.2 Å². The lowest BCUT2D eigenvalue weighted by atomic mass is 10.2. The first-order chi connectivity index (χ1) is 7.29. The van der Waals surface area contributed by atoms with Crippen LogP contribution < -0.4 is 5.32 Å². The Balaban J connectivity index is 2.13. The van der Waals surface area contributed by atoms with E-state index >= 15 is 0 Å². The van der Waals surface area contributed by atoms with E-state index in [1.54, 1.807) is 0 Å². The van der Waals surface area contributed by atoms with Gasteiger partial charge in [-0.2, -0.15) is 0 Å². The van der Waals surface area contributed by atoms with Gasteiger partial charge >= 0.3 is 0 Å². The van der Waals surface area contributed by atoms with Crippen molar-refractivity contribution in [1.29, 1.82) is 0 Å². The predicted octanol–water partition coefficient (Wildman–Crippen LogP) is 1.49. The van der Waals surface area contributed by atoms with Crippen molar-refractivity contribution >= 4 is 28.5 Å². The van der Waals surface area contributed by atoms with Crippen LogP contribution in [-0.4, -0.2) is 34.5 Å². The van der Waals surface area contributed by atoms with Crippen molar-refractivity contribution in [2.24, 2.45) is 0 Å². The number of benzene rings is 1. The quantitative estimate of drug-likeness (QED) is 0.484. The van der Waals surface area contributed by atoms with Crippen molar-refractivity contribution in [3.05, 3.63) is 35.9 Å². The highest BCUT2D eigenvalue weighted by Gasteiger charge is 2.24. The van der Waals surface area contributed by atoms with Crippen LogP contribution in [0.4, 0.5) is 0 Å². The molecule has 0 spiro atoms. The Bertz CT molecular complexity index is 342. The number of hydrogen-bond donors (Lipinski definition) is 1. The molecule has 1 aromatic rings. The van der Waals surface area contributed by atoms with Crippen LogP contribution >= 0.6 is 22.6 Å². The first-order valence-corrected chi connectivity index (χ1v) is 6.24. The van der Waals surface area contributed by atoms with Crippen LogP contribution in [0.5, 0.6) is 0 Å². The smallest absolute Gasteiger partial charge is 0.254 e. The Morgan fingerprint density at radius 2 is 2.13 bits per heavy atom. The summed E-state index contributed by atoms with van der Waals surface area (Å²) in [5.74, 6) is 0.136. The Morgan fingerprint density at radius 1 is 1.40 bits per heavy atom. The van der Waals surface area contributed by atoms with Crippen LogP contribution in [0.25, 0.3) is 0 Å². The first-order valence-electron chi connectivity index (χ1n) is 5.00. The van der Waals surface area contributed by atoms with Crippen LogP contribution in [0, 0.1) is 0 Å². The molecule has 0 aromatic heterocycles. The fourth-order valence-electron chi connectivity index (χ4n) is 1.65. The fourth-order valence-corrected chi connectivity index (χ4v) is 2.49. The molecule has 0 aliphatic carbocycles. The Hall–Kier alpha value is -0.620. The van der Waals surface area contributed by atoms with E-state index in [-0.39, 0.29) is 9.96 Å². The average molecular weight is 316 g/mol. The lowest BCUT2D eigenvalue weighted by Crippen LogP contribution is -2.50. The summed E-state index contributed by atoms with van der Waals surface area (Å²) in [5, 5.41) is 3.27. The lowest BCUT2D eigenvalue weighted by molar-refractivity contribution is 0.0723. The van der Waals surface area contributed by atoms with E-state index in [1.165, 1.54) is 0 Å². The second-order valence-corrected chi connectivity index (χ2v) is 4.94. The number of nitrogens with zero attached hydrogens (tertiary/aromatic N) is 1. The largest absolute Gasteiger partial charge is 0.324 e. The molecule has 1 heterocycles. The van der Waals surface area contributed by atoms with E-state index in [0.29, 0.717) is 0 Å². The minimum Gasteiger partial charge on any atom is -0.324 e. The first kappa shape index (κ1) is 10.9. The molecule has 1 aromatic carbocycles. The molecule has 1 aliphatic rings. The molecule has 3 nitrogen and oxygen atoms in total. The van der Waals surface area contributed by atoms with Gasteiger partial charge in [0.15, 0.2) is 0 Å². The van der Waals surface area contributed by atoms with E-state index in [4.69, 9.17) is 0 Å². The monoisotopic (exact) mass is 316 g/mol. The second kappa shape index (κ2) is 4.94. The third-order valence-corrected chi connectivity index (χ3v) is 3.57. The standard InChI is InChI=1S/C11H13IN2O/c12-10-8-13-6-7-14(10)11(15)9-4-2-1-3-5-9/h1-5,10,13H,6-8H2. The molecule has 1 N–H and O–H groups in total. The van der Waals surface area contributed by atoms with E-state index in [0.717, 1.165) is 25.2 Å². The van der Waals surface area contributed by atoms with Gasteiger partial charge in [-0.1, -0.05) is 40.8 Å². The van der Waals surface area contributed by atoms with Gasteiger partial charge < -0.3 is 10.2 Å². The summed E-state index contributed by atoms with van der Waals surface area (Å²) >= 11 is 2.30. The average Bonchev–Trinajstić information content (AvgIpc) is 2.30. The summed E-state index contributed by atoms with van der Waals surface area (Å²) in [4.78, 5) is 14.0. The molecule has 1 amide bonds. The second-order valence-electron chi connectivity index (χ2n) is 3.50. The van der Waals surface area contributed by atoms with Gasteiger partial charge in [0.05, 0.1) is 4.05 Å². The number of halogens is 1. The van der Waals surface area contributed by atoms with Crippen LogP contribution in [0.1, 0.15) is 10.4 Å². The molecule has 0 radical (unpaired) electrons. The summed E-state index contributed by atoms with van der Waals surface area (Å²) in [6.45, 7) is 2.55. The molecule has 1 saturated heterocycles. The third-order valence-electron chi connectivity index (χ3n) is 2.46. The van der Waals surface area contributed by atoms with Crippen molar-refractivity contribution in [2.45, 2.75) is 4.05 Å². The molecule has 0 bridgehead atoms. The van der Waals surface area contributed by atoms with Gasteiger partial charge in [0.1, 0.15) is 0 Å². The van der Waals surface area contributed by atoms with Crippen LogP contribution in [0.3, 0.4) is 0 Å². The number of rotatable bonds is 1. The Labute approximate surface area is 103 Å². The number of carbonyl (C=O) groups is 1. The van der Waals surface area contributed by atoms with Gasteiger partial charge in [0.2, 0.25) is 0 Å². The summed E-state index contributed by atoms with van der Waals surface area (Å²) in [7, 11) is 0. The highest BCUT2D eigenvalue weighted by atomic mass is 127. The number of alkyl halides is 1. The molecule has 4 heteroatoms. The molecule has 1 fully saturated rings. The van der Waals surface area contributed by atoms with E-state index in [1.807, 2.05) is 35.2 Å². The minimum absolute atomic E-state index is 0.136. The molecule has 1 unspecified atom stereocenters. The van der Waals surface area contributed by atoms with E-state index in [9.17, 15) is 4.79 Å². The van der Waals surface area contributed by atoms with Crippen molar-refractivity contribution in [3.63, 3.8) is 0 Å². The molecule has 80 valence electrons. The van der Waals surface area contributed by atoms with Gasteiger partial charge in [-0.05, 0) is 12.1 Å². The highest BCUT2D eigenvalue weighted by Crippen LogP contribution is 2.14. The maximum absolute atomic E-state index is 12.1. The Morgan fingerprint density at radius 3 is 2.80 bits per heavy atom. The van der Waals surface area contributed by atoms with Crippen molar-refractivity contribution < 1.29 is 4.79 Å². The minimum atomic E-state index is 0.136. The van der Waals surface area contributed by atoms with Gasteiger partial charge in [0.25, 0.3) is 5.91 Å². The van der Waals surface area contributed by atoms with Crippen molar-refractivity contribution in [1.82, 2.24) is 10.2 Å². The molecular formula is C11H13IN2O. The number of nitrogens with one attached hydrogen (secondary N) is 1. The zero-order chi connectivity index (χ0) is 10.7. The predicted molar refractivity (Wildman–Crippen MR) is 68.2 cm³/mol. The van der Waals surface area contributed by atoms with E-state index in [2.05, 4.69) is 27.9 Å². The molecule has 1 aliphatic heterocycles. The van der Waals surface area contributed by atoms with Gasteiger partial charge in [-0.25, -0.2) is 0 Å². The maximum Gasteiger partial charge on any atom is 0.254 e. The van der Waals surface area contributed by atoms with Crippen molar-refractivity contribution in [3.8, 4) is 0 Å². The van der Waals surface area contributed by atoms with Crippen molar-refractivity contribution in [2.75, 3.05) is 19.6 Å². The number of amides is 1. The lowest BCUT2D eigenvalue weighted by Gasteiger charge is -2.32. The van der Waals surface area contributed by atoms with Crippen LogP contribution in [0.2, 0.25) is 0 Å². The summed E-state index contributed by atoms with van der Waals surface area (Å²) in [6.07, 6.45) is 0. The summed E-state index contributed by atoms with van der Waals surface area (Å²) in [5.41, 5.74) is 0.779. The zero-order valence-electron chi connectivity index (χ0n) is 8.32. The fraction of sp³-hybridized carbons (Fsp3) is 0.364. The summed E-state index contributed by atoms with van der Waals surface area (Å²) in [6, 6.07) is 9.47. The maximum atomic E-state index is 12.1. The number of piperazine rings is 1. The number of hydrogen-bond acceptors (Lipinski definition) is 2. The van der Waals surface area contributed by atoms with Gasteiger partial charge in [-0.3, -0.25) is 4.79 Å². The molecule has 15 heavy (non-hydrogen) atoms. The topological polar surface area (TPSA) is 32.3 Å². The van der Waals surface area contributed by atoms with Crippen LogP contribution in [0.15, 0.2) is 30.3 Å². The SMILES string of the molecule is O=C(c1ccccc1)N1CCNCC1I. The van der Waals surface area contributed by atoms with E-state index < -0.39 is 0 Å². The van der Waals surface area contributed by atoms with Crippen LogP contribution in [-0.2, 0) is 0 Å². The van der Waals surface area contributed by atoms with Gasteiger partial charge in [-0.15, -0.1) is 0 Å². The normalized spacial score (nSPS) is 21.4. The highest BCUT2D eigenvalue weighted by molar-refractivity contribution is 14.1. The molecular weight excluding hydrogens is 303 g/mol. The number of carbonyl (C=O) groups excluding carboxylic acids is 1. The molecule has 1 atom stereocenters. The molecule has 0 saturated carbocycles. The third kappa shape index (κ3) is 2.49. The zero-order valence-corrected chi connectivity index (χ0v) is 10.5.